The molecule has 2 N–H and O–H groups in total. The molecule has 7 heteroatoms. The molecule has 0 unspecified atom stereocenters. The number of methoxy groups -OCH3 is 1. The average Bonchev–Trinajstić information content (AvgIpc) is 3.17. The van der Waals surface area contributed by atoms with Gasteiger partial charge in [0.25, 0.3) is 0 Å². The largest absolute Gasteiger partial charge is 0.382 e. The van der Waals surface area contributed by atoms with Crippen LogP contribution in [0.15, 0.2) is 36.4 Å². The van der Waals surface area contributed by atoms with Crippen LogP contribution in [-0.2, 0) is 11.3 Å². The highest BCUT2D eigenvalue weighted by Crippen LogP contribution is 2.41. The second-order valence-electron chi connectivity index (χ2n) is 9.43. The molecule has 0 bridgehead atoms. The Morgan fingerprint density at radius 3 is 2.80 bits per heavy atom. The number of hydrogen-bond acceptors (Lipinski definition) is 7. The summed E-state index contributed by atoms with van der Waals surface area (Å²) in [5.41, 5.74) is 4.79. The second-order valence-corrected chi connectivity index (χ2v) is 10.6. The molecule has 1 aromatic carbocycles. The summed E-state index contributed by atoms with van der Waals surface area (Å²) in [6.07, 6.45) is 8.09. The third-order valence-electron chi connectivity index (χ3n) is 7.15. The van der Waals surface area contributed by atoms with Gasteiger partial charge < -0.3 is 20.3 Å². The van der Waals surface area contributed by atoms with E-state index in [2.05, 4.69) is 58.7 Å². The first-order chi connectivity index (χ1) is 17.1. The summed E-state index contributed by atoms with van der Waals surface area (Å²) in [4.78, 5) is 13.5. The van der Waals surface area contributed by atoms with Gasteiger partial charge in [-0.2, -0.15) is 0 Å². The lowest BCUT2D eigenvalue weighted by molar-refractivity contribution is 0.0818. The molecule has 0 saturated carbocycles. The van der Waals surface area contributed by atoms with Crippen LogP contribution in [0, 0.1) is 12.3 Å². The topological polar surface area (TPSA) is 62.3 Å². The number of nitrogens with zero attached hydrogens (tertiary/aromatic N) is 3. The maximum absolute atomic E-state index is 5.78. The van der Waals surface area contributed by atoms with Crippen molar-refractivity contribution in [1.82, 2.24) is 15.3 Å². The first-order valence-corrected chi connectivity index (χ1v) is 13.0. The van der Waals surface area contributed by atoms with E-state index in [1.54, 1.807) is 7.11 Å². The van der Waals surface area contributed by atoms with Gasteiger partial charge in [0.2, 0.25) is 0 Å². The van der Waals surface area contributed by atoms with Gasteiger partial charge in [0.1, 0.15) is 11.5 Å². The van der Waals surface area contributed by atoms with Crippen molar-refractivity contribution in [2.24, 2.45) is 0 Å². The summed E-state index contributed by atoms with van der Waals surface area (Å²) in [6.45, 7) is 5.84. The van der Waals surface area contributed by atoms with Crippen molar-refractivity contribution in [2.45, 2.75) is 38.5 Å². The number of anilines is 2. The monoisotopic (exact) mass is 483 g/mol. The van der Waals surface area contributed by atoms with Gasteiger partial charge in [0, 0.05) is 65.2 Å². The van der Waals surface area contributed by atoms with Crippen LogP contribution in [0.1, 0.15) is 30.3 Å². The molecule has 0 amide bonds. The Morgan fingerprint density at radius 1 is 1.14 bits per heavy atom. The van der Waals surface area contributed by atoms with Crippen LogP contribution in [0.3, 0.4) is 0 Å². The molecule has 5 heterocycles. The molecule has 2 aliphatic heterocycles. The Balaban J connectivity index is 1.40. The van der Waals surface area contributed by atoms with E-state index in [4.69, 9.17) is 21.1 Å². The predicted octanol–water partition coefficient (Wildman–Crippen LogP) is 5.01. The lowest BCUT2D eigenvalue weighted by Crippen LogP contribution is -2.37. The maximum atomic E-state index is 5.78. The molecular weight excluding hydrogens is 454 g/mol. The highest BCUT2D eigenvalue weighted by Gasteiger charge is 2.22. The van der Waals surface area contributed by atoms with E-state index in [-0.39, 0.29) is 0 Å². The van der Waals surface area contributed by atoms with Crippen molar-refractivity contribution in [3.63, 3.8) is 0 Å². The van der Waals surface area contributed by atoms with Crippen molar-refractivity contribution in [2.75, 3.05) is 37.0 Å². The fraction of sp³-hybridized carbons (Fsp3) is 0.357. The third kappa shape index (κ3) is 4.12. The van der Waals surface area contributed by atoms with E-state index in [1.807, 2.05) is 17.4 Å². The Kier molecular flexibility index (Phi) is 5.81. The molecule has 1 saturated heterocycles. The molecule has 1 atom stereocenters. The second kappa shape index (κ2) is 9.12. The number of nitrogens with one attached hydrogen (secondary N) is 2. The van der Waals surface area contributed by atoms with E-state index in [1.165, 1.54) is 26.0 Å². The zero-order valence-corrected chi connectivity index (χ0v) is 20.9. The molecule has 0 radical (unpaired) electrons. The van der Waals surface area contributed by atoms with Crippen LogP contribution in [0.25, 0.3) is 32.2 Å². The standard InChI is InChI=1S/C28H29N5OS/c1-4-19-13-18(14-26(31-19)33-11-9-20(34-3)10-12-33)22-6-5-21-23(32-22)7-8-24-27(21)28-25(35-24)16-29-17(2)15-30-28/h1,5-8,13-14,17,20,29-30H,9-12,15-16H2,2-3H3/t17-/m1/s1. The minimum Gasteiger partial charge on any atom is -0.382 e. The zero-order valence-electron chi connectivity index (χ0n) is 20.1. The fourth-order valence-electron chi connectivity index (χ4n) is 5.14. The molecular formula is C28H29N5OS. The van der Waals surface area contributed by atoms with E-state index in [9.17, 15) is 0 Å². The van der Waals surface area contributed by atoms with E-state index in [0.717, 1.165) is 61.6 Å². The normalized spacial score (nSPS) is 18.8. The van der Waals surface area contributed by atoms with Gasteiger partial charge in [-0.05, 0) is 56.2 Å². The molecule has 178 valence electrons. The third-order valence-corrected chi connectivity index (χ3v) is 8.30. The van der Waals surface area contributed by atoms with E-state index >= 15 is 0 Å². The molecule has 0 aliphatic carbocycles. The minimum absolute atomic E-state index is 0.321. The Hall–Kier alpha value is -3.18. The lowest BCUT2D eigenvalue weighted by atomic mass is 10.0. The van der Waals surface area contributed by atoms with Gasteiger partial charge in [-0.3, -0.25) is 0 Å². The van der Waals surface area contributed by atoms with Crippen molar-refractivity contribution in [3.05, 3.63) is 47.0 Å². The SMILES string of the molecule is C#Cc1cc(-c2ccc3c(ccc4sc5c(c43)NC[C@@H](C)NC5)n2)cc(N2CCC(OC)CC2)n1. The summed E-state index contributed by atoms with van der Waals surface area (Å²) < 4.78 is 6.82. The van der Waals surface area contributed by atoms with Crippen LogP contribution in [-0.4, -0.2) is 48.9 Å². The molecule has 2 aliphatic rings. The smallest absolute Gasteiger partial charge is 0.130 e. The minimum atomic E-state index is 0.321. The molecule has 3 aromatic heterocycles. The number of ether oxygens (including phenoxy) is 1. The van der Waals surface area contributed by atoms with E-state index < -0.39 is 0 Å². The van der Waals surface area contributed by atoms with Crippen LogP contribution in [0.4, 0.5) is 11.5 Å². The first-order valence-electron chi connectivity index (χ1n) is 12.2. The average molecular weight is 484 g/mol. The van der Waals surface area contributed by atoms with Gasteiger partial charge in [-0.25, -0.2) is 9.97 Å². The van der Waals surface area contributed by atoms with Gasteiger partial charge >= 0.3 is 0 Å². The number of pyridine rings is 2. The molecule has 4 aromatic rings. The molecule has 0 spiro atoms. The first kappa shape index (κ1) is 22.3. The molecule has 1 fully saturated rings. The number of hydrogen-bond donors (Lipinski definition) is 2. The molecule has 35 heavy (non-hydrogen) atoms. The van der Waals surface area contributed by atoms with Crippen LogP contribution in [0.5, 0.6) is 0 Å². The molecule has 6 rings (SSSR count). The lowest BCUT2D eigenvalue weighted by Gasteiger charge is -2.32. The summed E-state index contributed by atoms with van der Waals surface area (Å²) >= 11 is 1.86. The maximum Gasteiger partial charge on any atom is 0.130 e. The Bertz CT molecular complexity index is 1450. The summed E-state index contributed by atoms with van der Waals surface area (Å²) in [7, 11) is 1.79. The number of piperidine rings is 1. The number of rotatable bonds is 3. The van der Waals surface area contributed by atoms with Gasteiger partial charge in [0.05, 0.1) is 23.0 Å². The summed E-state index contributed by atoms with van der Waals surface area (Å²) in [5.74, 6) is 3.65. The number of benzene rings is 1. The molecule has 6 nitrogen and oxygen atoms in total. The van der Waals surface area contributed by atoms with Crippen LogP contribution >= 0.6 is 11.3 Å². The number of aromatic nitrogens is 2. The fourth-order valence-corrected chi connectivity index (χ4v) is 6.28. The quantitative estimate of drug-likeness (QED) is 0.400. The number of terminal acetylenes is 1. The van der Waals surface area contributed by atoms with Crippen molar-refractivity contribution >= 4 is 43.8 Å². The Morgan fingerprint density at radius 2 is 2.00 bits per heavy atom. The number of thiophene rings is 1. The highest BCUT2D eigenvalue weighted by molar-refractivity contribution is 7.20. The van der Waals surface area contributed by atoms with Gasteiger partial charge in [-0.1, -0.05) is 5.92 Å². The number of fused-ring (bicyclic) bond motifs is 5. The van der Waals surface area contributed by atoms with E-state index in [0.29, 0.717) is 17.8 Å². The highest BCUT2D eigenvalue weighted by atomic mass is 32.1. The summed E-state index contributed by atoms with van der Waals surface area (Å²) in [5, 5.41) is 9.72. The van der Waals surface area contributed by atoms with Gasteiger partial charge in [0.15, 0.2) is 0 Å². The van der Waals surface area contributed by atoms with Gasteiger partial charge in [-0.15, -0.1) is 17.8 Å². The van der Waals surface area contributed by atoms with Crippen molar-refractivity contribution in [1.29, 1.82) is 0 Å². The zero-order chi connectivity index (χ0) is 23.9. The van der Waals surface area contributed by atoms with Crippen LogP contribution in [0.2, 0.25) is 0 Å². The summed E-state index contributed by atoms with van der Waals surface area (Å²) in [6, 6.07) is 13.2. The van der Waals surface area contributed by atoms with Crippen LogP contribution < -0.4 is 15.5 Å². The predicted molar refractivity (Wildman–Crippen MR) is 145 cm³/mol. The Labute approximate surface area is 209 Å². The van der Waals surface area contributed by atoms with Crippen molar-refractivity contribution in [3.8, 4) is 23.6 Å². The van der Waals surface area contributed by atoms with Crippen molar-refractivity contribution < 1.29 is 4.74 Å².